The van der Waals surface area contributed by atoms with E-state index < -0.39 is 0 Å². The van der Waals surface area contributed by atoms with Crippen molar-refractivity contribution in [1.82, 2.24) is 0 Å². The number of hydrogen-bond acceptors (Lipinski definition) is 3. The Labute approximate surface area is 146 Å². The van der Waals surface area contributed by atoms with E-state index in [9.17, 15) is 0 Å². The number of nitrogens with one attached hydrogen (secondary N) is 1. The molecule has 1 N–H and O–H groups in total. The zero-order valence-corrected chi connectivity index (χ0v) is 15.2. The number of methoxy groups -OCH3 is 1. The molecule has 0 aliphatic carbocycles. The molecule has 0 radical (unpaired) electrons. The highest BCUT2D eigenvalue weighted by atomic mass is 79.9. The summed E-state index contributed by atoms with van der Waals surface area (Å²) in [5, 5.41) is 3.45. The first-order chi connectivity index (χ1) is 11.0. The summed E-state index contributed by atoms with van der Waals surface area (Å²) in [6.45, 7) is 5.08. The van der Waals surface area contributed by atoms with Crippen LogP contribution in [-0.2, 0) is 6.54 Å². The van der Waals surface area contributed by atoms with Crippen LogP contribution >= 0.6 is 15.9 Å². The van der Waals surface area contributed by atoms with E-state index in [-0.39, 0.29) is 6.61 Å². The Morgan fingerprint density at radius 2 is 2.00 bits per heavy atom. The molecule has 0 atom stereocenters. The first-order valence-corrected chi connectivity index (χ1v) is 8.08. The maximum atomic E-state index is 5.53. The second kappa shape index (κ2) is 7.94. The SMILES string of the molecule is C#CCOc1c(Br)cc(CNc2ccc(C)cc2C)cc1OC. The fourth-order valence-corrected chi connectivity index (χ4v) is 2.94. The maximum absolute atomic E-state index is 5.53. The molecule has 4 heteroatoms. The van der Waals surface area contributed by atoms with Gasteiger partial charge in [-0.05, 0) is 59.1 Å². The predicted molar refractivity (Wildman–Crippen MR) is 98.3 cm³/mol. The number of aryl methyl sites for hydroxylation is 2. The number of hydrogen-bond donors (Lipinski definition) is 1. The molecule has 2 aromatic carbocycles. The first kappa shape index (κ1) is 17.2. The summed E-state index contributed by atoms with van der Waals surface area (Å²) in [5.74, 6) is 3.74. The van der Waals surface area contributed by atoms with Crippen LogP contribution in [0.15, 0.2) is 34.8 Å². The van der Waals surface area contributed by atoms with Crippen LogP contribution in [0.2, 0.25) is 0 Å². The van der Waals surface area contributed by atoms with E-state index in [4.69, 9.17) is 15.9 Å². The number of benzene rings is 2. The minimum absolute atomic E-state index is 0.203. The lowest BCUT2D eigenvalue weighted by Crippen LogP contribution is -2.03. The monoisotopic (exact) mass is 373 g/mol. The van der Waals surface area contributed by atoms with Gasteiger partial charge in [0.2, 0.25) is 0 Å². The van der Waals surface area contributed by atoms with Gasteiger partial charge in [0.25, 0.3) is 0 Å². The predicted octanol–water partition coefficient (Wildman–Crippen LogP) is 4.70. The average molecular weight is 374 g/mol. The van der Waals surface area contributed by atoms with E-state index in [0.29, 0.717) is 18.0 Å². The van der Waals surface area contributed by atoms with E-state index in [1.54, 1.807) is 7.11 Å². The fraction of sp³-hybridized carbons (Fsp3) is 0.263. The second-order valence-electron chi connectivity index (χ2n) is 5.27. The van der Waals surface area contributed by atoms with Crippen LogP contribution in [0.1, 0.15) is 16.7 Å². The molecule has 2 aromatic rings. The Kier molecular flexibility index (Phi) is 5.95. The van der Waals surface area contributed by atoms with E-state index in [0.717, 1.165) is 15.7 Å². The van der Waals surface area contributed by atoms with E-state index in [1.165, 1.54) is 11.1 Å². The fourth-order valence-electron chi connectivity index (χ4n) is 2.34. The first-order valence-electron chi connectivity index (χ1n) is 7.29. The smallest absolute Gasteiger partial charge is 0.176 e. The summed E-state index contributed by atoms with van der Waals surface area (Å²) >= 11 is 3.52. The minimum atomic E-state index is 0.203. The highest BCUT2D eigenvalue weighted by molar-refractivity contribution is 9.10. The summed E-state index contributed by atoms with van der Waals surface area (Å²) in [5.41, 5.74) is 4.69. The summed E-state index contributed by atoms with van der Waals surface area (Å²) in [6, 6.07) is 10.3. The average Bonchev–Trinajstić information content (AvgIpc) is 2.52. The molecule has 0 fully saturated rings. The van der Waals surface area contributed by atoms with Gasteiger partial charge in [0.1, 0.15) is 6.61 Å². The molecule has 0 bridgehead atoms. The van der Waals surface area contributed by atoms with Gasteiger partial charge in [-0.1, -0.05) is 23.6 Å². The Morgan fingerprint density at radius 1 is 1.22 bits per heavy atom. The highest BCUT2D eigenvalue weighted by Gasteiger charge is 2.11. The van der Waals surface area contributed by atoms with Gasteiger partial charge in [-0.15, -0.1) is 6.42 Å². The van der Waals surface area contributed by atoms with Crippen LogP contribution in [0.4, 0.5) is 5.69 Å². The van der Waals surface area contributed by atoms with Crippen LogP contribution in [0.5, 0.6) is 11.5 Å². The van der Waals surface area contributed by atoms with Crippen molar-refractivity contribution in [2.45, 2.75) is 20.4 Å². The van der Waals surface area contributed by atoms with Crippen molar-refractivity contribution < 1.29 is 9.47 Å². The Balaban J connectivity index is 2.17. The molecule has 3 nitrogen and oxygen atoms in total. The number of anilines is 1. The molecule has 0 saturated carbocycles. The molecule has 2 rings (SSSR count). The third kappa shape index (κ3) is 4.43. The van der Waals surface area contributed by atoms with E-state index >= 15 is 0 Å². The number of halogens is 1. The molecule has 23 heavy (non-hydrogen) atoms. The van der Waals surface area contributed by atoms with E-state index in [1.807, 2.05) is 12.1 Å². The molecule has 0 aliphatic heterocycles. The second-order valence-corrected chi connectivity index (χ2v) is 6.13. The zero-order valence-electron chi connectivity index (χ0n) is 13.6. The van der Waals surface area contributed by atoms with Gasteiger partial charge in [-0.3, -0.25) is 0 Å². The Hall–Kier alpha value is -2.12. The van der Waals surface area contributed by atoms with Crippen LogP contribution in [0.25, 0.3) is 0 Å². The standard InChI is InChI=1S/C19H20BrNO2/c1-5-8-23-19-16(20)10-15(11-18(19)22-4)12-21-17-7-6-13(2)9-14(17)3/h1,6-7,9-11,21H,8,12H2,2-4H3. The van der Waals surface area contributed by atoms with E-state index in [2.05, 4.69) is 59.2 Å². The summed E-state index contributed by atoms with van der Waals surface area (Å²) in [6.07, 6.45) is 5.24. The van der Waals surface area contributed by atoms with Gasteiger partial charge in [0, 0.05) is 12.2 Å². The van der Waals surface area contributed by atoms with Crippen molar-refractivity contribution in [2.75, 3.05) is 19.0 Å². The third-order valence-electron chi connectivity index (χ3n) is 3.45. The third-order valence-corrected chi connectivity index (χ3v) is 4.04. The summed E-state index contributed by atoms with van der Waals surface area (Å²) in [4.78, 5) is 0. The lowest BCUT2D eigenvalue weighted by Gasteiger charge is -2.15. The van der Waals surface area contributed by atoms with Crippen molar-refractivity contribution in [3.05, 3.63) is 51.5 Å². The number of ether oxygens (including phenoxy) is 2. The lowest BCUT2D eigenvalue weighted by atomic mass is 10.1. The van der Waals surface area contributed by atoms with Crippen molar-refractivity contribution in [3.63, 3.8) is 0 Å². The van der Waals surface area contributed by atoms with Gasteiger partial charge in [-0.2, -0.15) is 0 Å². The Bertz CT molecular complexity index is 735. The molecule has 0 unspecified atom stereocenters. The summed E-state index contributed by atoms with van der Waals surface area (Å²) in [7, 11) is 1.62. The van der Waals surface area contributed by atoms with Crippen molar-refractivity contribution in [2.24, 2.45) is 0 Å². The van der Waals surface area contributed by atoms with Crippen molar-refractivity contribution in [3.8, 4) is 23.8 Å². The van der Waals surface area contributed by atoms with Gasteiger partial charge in [0.15, 0.2) is 11.5 Å². The maximum Gasteiger partial charge on any atom is 0.176 e. The van der Waals surface area contributed by atoms with Gasteiger partial charge in [0.05, 0.1) is 11.6 Å². The summed E-state index contributed by atoms with van der Waals surface area (Å²) < 4.78 is 11.8. The molecule has 0 saturated heterocycles. The number of rotatable bonds is 6. The van der Waals surface area contributed by atoms with Crippen molar-refractivity contribution in [1.29, 1.82) is 0 Å². The largest absolute Gasteiger partial charge is 0.493 e. The molecule has 0 spiro atoms. The van der Waals surface area contributed by atoms with Gasteiger partial charge in [-0.25, -0.2) is 0 Å². The molecule has 120 valence electrons. The van der Waals surface area contributed by atoms with Crippen molar-refractivity contribution >= 4 is 21.6 Å². The van der Waals surface area contributed by atoms with Gasteiger partial charge >= 0.3 is 0 Å². The molecule has 0 aliphatic rings. The van der Waals surface area contributed by atoms with Crippen LogP contribution in [-0.4, -0.2) is 13.7 Å². The molecule has 0 heterocycles. The quantitative estimate of drug-likeness (QED) is 0.744. The van der Waals surface area contributed by atoms with Crippen LogP contribution in [0, 0.1) is 26.2 Å². The molecule has 0 aromatic heterocycles. The minimum Gasteiger partial charge on any atom is -0.493 e. The molecular weight excluding hydrogens is 354 g/mol. The molecule has 0 amide bonds. The van der Waals surface area contributed by atoms with Crippen LogP contribution in [0.3, 0.4) is 0 Å². The zero-order chi connectivity index (χ0) is 16.8. The Morgan fingerprint density at radius 3 is 2.65 bits per heavy atom. The van der Waals surface area contributed by atoms with Crippen LogP contribution < -0.4 is 14.8 Å². The molecular formula is C19H20BrNO2. The normalized spacial score (nSPS) is 10.0. The highest BCUT2D eigenvalue weighted by Crippen LogP contribution is 2.36. The number of terminal acetylenes is 1. The lowest BCUT2D eigenvalue weighted by molar-refractivity contribution is 0.328. The topological polar surface area (TPSA) is 30.5 Å². The van der Waals surface area contributed by atoms with Gasteiger partial charge < -0.3 is 14.8 Å².